The molecule has 2 aromatic carbocycles. The summed E-state index contributed by atoms with van der Waals surface area (Å²) in [4.78, 5) is 0. The van der Waals surface area contributed by atoms with E-state index in [0.717, 1.165) is 12.8 Å². The number of aryl methyl sites for hydroxylation is 1. The first-order valence-corrected chi connectivity index (χ1v) is 6.95. The Balaban J connectivity index is 2.73. The molecule has 0 bridgehead atoms. The van der Waals surface area contributed by atoms with Crippen LogP contribution < -0.4 is 0 Å². The van der Waals surface area contributed by atoms with Gasteiger partial charge in [0.25, 0.3) is 0 Å². The minimum absolute atomic E-state index is 0.977. The molecule has 0 fully saturated rings. The molecule has 94 valence electrons. The van der Waals surface area contributed by atoms with Gasteiger partial charge in [0.15, 0.2) is 0 Å². The van der Waals surface area contributed by atoms with Gasteiger partial charge in [0.1, 0.15) is 0 Å². The van der Waals surface area contributed by atoms with E-state index in [2.05, 4.69) is 50.8 Å². The van der Waals surface area contributed by atoms with Crippen molar-refractivity contribution in [3.05, 3.63) is 59.7 Å². The molecule has 0 amide bonds. The summed E-state index contributed by atoms with van der Waals surface area (Å²) in [6.45, 7) is 8.41. The lowest BCUT2D eigenvalue weighted by atomic mass is 9.89. The maximum absolute atomic E-state index is 3.89. The maximum Gasteiger partial charge on any atom is -0.00971 e. The minimum atomic E-state index is 0.977. The Hall–Kier alpha value is -1.56. The number of rotatable bonds is 5. The van der Waals surface area contributed by atoms with Gasteiger partial charge in [0, 0.05) is 0 Å². The average Bonchev–Trinajstić information content (AvgIpc) is 2.39. The first kappa shape index (κ1) is 12.9. The molecule has 2 rings (SSSR count). The molecule has 0 atom stereocenters. The smallest absolute Gasteiger partial charge is 0.00971 e. The number of hydrogen-bond donors (Lipinski definition) is 0. The van der Waals surface area contributed by atoms with Crippen LogP contribution in [0, 0.1) is 0 Å². The predicted octanol–water partition coefficient (Wildman–Crippen LogP) is 5.08. The molecule has 0 N–H and O–H groups in total. The Morgan fingerprint density at radius 3 is 2.56 bits per heavy atom. The van der Waals surface area contributed by atoms with Gasteiger partial charge in [0.05, 0.1) is 0 Å². The summed E-state index contributed by atoms with van der Waals surface area (Å²) < 4.78 is 0. The molecule has 0 unspecified atom stereocenters. The quantitative estimate of drug-likeness (QED) is 0.637. The Morgan fingerprint density at radius 2 is 1.89 bits per heavy atom. The number of hydrogen-bond acceptors (Lipinski definition) is 0. The van der Waals surface area contributed by atoms with Crippen LogP contribution in [-0.4, -0.2) is 0 Å². The van der Waals surface area contributed by atoms with Gasteiger partial charge in [-0.2, -0.15) is 0 Å². The summed E-state index contributed by atoms with van der Waals surface area (Å²) in [6.07, 6.45) is 6.48. The Labute approximate surface area is 110 Å². The zero-order valence-electron chi connectivity index (χ0n) is 11.5. The van der Waals surface area contributed by atoms with E-state index in [1.54, 1.807) is 5.56 Å². The predicted molar refractivity (Wildman–Crippen MR) is 81.2 cm³/mol. The van der Waals surface area contributed by atoms with Crippen molar-refractivity contribution in [2.75, 3.05) is 0 Å². The van der Waals surface area contributed by atoms with Crippen molar-refractivity contribution in [1.29, 1.82) is 0 Å². The molecule has 0 spiro atoms. The highest BCUT2D eigenvalue weighted by Gasteiger charge is 2.10. The van der Waals surface area contributed by atoms with E-state index in [1.807, 2.05) is 6.08 Å². The van der Waals surface area contributed by atoms with Gasteiger partial charge in [-0.1, -0.05) is 56.7 Å². The third-order valence-corrected chi connectivity index (χ3v) is 3.59. The summed E-state index contributed by atoms with van der Waals surface area (Å²) in [5.74, 6) is 0. The normalized spacial score (nSPS) is 10.8. The van der Waals surface area contributed by atoms with Crippen LogP contribution >= 0.6 is 0 Å². The summed E-state index contributed by atoms with van der Waals surface area (Å²) in [6, 6.07) is 11.1. The molecule has 0 saturated heterocycles. The average molecular weight is 238 g/mol. The van der Waals surface area contributed by atoms with Crippen molar-refractivity contribution in [2.45, 2.75) is 39.5 Å². The van der Waals surface area contributed by atoms with Crippen LogP contribution in [0.4, 0.5) is 0 Å². The molecule has 0 aliphatic rings. The molecule has 0 saturated carbocycles. The second-order valence-electron chi connectivity index (χ2n) is 4.81. The van der Waals surface area contributed by atoms with Crippen molar-refractivity contribution in [3.63, 3.8) is 0 Å². The van der Waals surface area contributed by atoms with E-state index in [4.69, 9.17) is 0 Å². The van der Waals surface area contributed by atoms with Gasteiger partial charge in [-0.25, -0.2) is 0 Å². The lowest BCUT2D eigenvalue weighted by molar-refractivity contribution is 0.901. The lowest BCUT2D eigenvalue weighted by Crippen LogP contribution is -2.00. The van der Waals surface area contributed by atoms with E-state index >= 15 is 0 Å². The van der Waals surface area contributed by atoms with Gasteiger partial charge in [0.2, 0.25) is 0 Å². The highest BCUT2D eigenvalue weighted by Crippen LogP contribution is 2.28. The summed E-state index contributed by atoms with van der Waals surface area (Å²) >= 11 is 0. The summed E-state index contributed by atoms with van der Waals surface area (Å²) in [5.41, 5.74) is 4.54. The minimum Gasteiger partial charge on any atom is -0.103 e. The fraction of sp³-hybridized carbons (Fsp3) is 0.333. The number of allylic oxidation sites excluding steroid dienone is 1. The SMILES string of the molecule is C=CCc1cc2ccccc2c(CCC)c1CC. The first-order chi connectivity index (χ1) is 8.81. The van der Waals surface area contributed by atoms with Gasteiger partial charge >= 0.3 is 0 Å². The monoisotopic (exact) mass is 238 g/mol. The molecule has 2 aromatic rings. The van der Waals surface area contributed by atoms with Crippen LogP contribution in [-0.2, 0) is 19.3 Å². The highest BCUT2D eigenvalue weighted by molar-refractivity contribution is 5.88. The number of benzene rings is 2. The van der Waals surface area contributed by atoms with Gasteiger partial charge in [-0.15, -0.1) is 6.58 Å². The van der Waals surface area contributed by atoms with Crippen LogP contribution in [0.2, 0.25) is 0 Å². The first-order valence-electron chi connectivity index (χ1n) is 6.95. The Morgan fingerprint density at radius 1 is 1.11 bits per heavy atom. The van der Waals surface area contributed by atoms with Gasteiger partial charge in [-0.05, 0) is 46.7 Å². The highest BCUT2D eigenvalue weighted by atomic mass is 14.1. The standard InChI is InChI=1S/C18H22/c1-4-9-14-13-15-11-7-8-12-17(15)18(10-5-2)16(14)6-3/h4,7-8,11-13H,1,5-6,9-10H2,2-3H3. The second-order valence-corrected chi connectivity index (χ2v) is 4.81. The van der Waals surface area contributed by atoms with Gasteiger partial charge < -0.3 is 0 Å². The van der Waals surface area contributed by atoms with Crippen molar-refractivity contribution < 1.29 is 0 Å². The van der Waals surface area contributed by atoms with Crippen molar-refractivity contribution in [2.24, 2.45) is 0 Å². The summed E-state index contributed by atoms with van der Waals surface area (Å²) in [7, 11) is 0. The lowest BCUT2D eigenvalue weighted by Gasteiger charge is -2.16. The van der Waals surface area contributed by atoms with Crippen LogP contribution in [0.25, 0.3) is 10.8 Å². The second kappa shape index (κ2) is 5.86. The fourth-order valence-electron chi connectivity index (χ4n) is 2.84. The molecule has 0 heteroatoms. The molecule has 0 aromatic heterocycles. The zero-order valence-corrected chi connectivity index (χ0v) is 11.5. The van der Waals surface area contributed by atoms with E-state index < -0.39 is 0 Å². The number of fused-ring (bicyclic) bond motifs is 1. The molecule has 0 radical (unpaired) electrons. The van der Waals surface area contributed by atoms with E-state index in [0.29, 0.717) is 0 Å². The molecule has 0 nitrogen and oxygen atoms in total. The zero-order chi connectivity index (χ0) is 13.0. The largest absolute Gasteiger partial charge is 0.103 e. The van der Waals surface area contributed by atoms with Crippen LogP contribution in [0.1, 0.15) is 37.0 Å². The summed E-state index contributed by atoms with van der Waals surface area (Å²) in [5, 5.41) is 2.80. The van der Waals surface area contributed by atoms with Crippen molar-refractivity contribution in [1.82, 2.24) is 0 Å². The van der Waals surface area contributed by atoms with E-state index in [9.17, 15) is 0 Å². The fourth-order valence-corrected chi connectivity index (χ4v) is 2.84. The van der Waals surface area contributed by atoms with Crippen LogP contribution in [0.5, 0.6) is 0 Å². The third-order valence-electron chi connectivity index (χ3n) is 3.59. The van der Waals surface area contributed by atoms with Crippen molar-refractivity contribution >= 4 is 10.8 Å². The molecular weight excluding hydrogens is 216 g/mol. The van der Waals surface area contributed by atoms with Crippen LogP contribution in [0.15, 0.2) is 43.0 Å². The Bertz CT molecular complexity index is 549. The third kappa shape index (κ3) is 2.33. The van der Waals surface area contributed by atoms with Crippen LogP contribution in [0.3, 0.4) is 0 Å². The molecule has 18 heavy (non-hydrogen) atoms. The van der Waals surface area contributed by atoms with Crippen molar-refractivity contribution in [3.8, 4) is 0 Å². The topological polar surface area (TPSA) is 0 Å². The molecular formula is C18H22. The Kier molecular flexibility index (Phi) is 4.19. The molecule has 0 aliphatic carbocycles. The molecule has 0 heterocycles. The maximum atomic E-state index is 3.89. The van der Waals surface area contributed by atoms with E-state index in [1.165, 1.54) is 34.7 Å². The van der Waals surface area contributed by atoms with E-state index in [-0.39, 0.29) is 0 Å². The van der Waals surface area contributed by atoms with Gasteiger partial charge in [-0.3, -0.25) is 0 Å². The molecule has 0 aliphatic heterocycles.